The summed E-state index contributed by atoms with van der Waals surface area (Å²) in [6.45, 7) is 2.33. The molecular weight excluding hydrogens is 208 g/mol. The molecule has 0 aliphatic heterocycles. The highest BCUT2D eigenvalue weighted by molar-refractivity contribution is 5.24. The summed E-state index contributed by atoms with van der Waals surface area (Å²) < 4.78 is 26.1. The van der Waals surface area contributed by atoms with Gasteiger partial charge in [-0.15, -0.1) is 0 Å². The van der Waals surface area contributed by atoms with Crippen LogP contribution in [0.4, 0.5) is 8.78 Å². The Morgan fingerprint density at radius 3 is 2.25 bits per heavy atom. The maximum atomic E-state index is 13.0. The lowest BCUT2D eigenvalue weighted by molar-refractivity contribution is -0.165. The van der Waals surface area contributed by atoms with E-state index in [4.69, 9.17) is 5.73 Å². The molecule has 16 heavy (non-hydrogen) atoms. The number of rotatable bonds is 3. The first kappa shape index (κ1) is 11.5. The van der Waals surface area contributed by atoms with E-state index in [0.29, 0.717) is 6.54 Å². The minimum absolute atomic E-state index is 0.0768. The Hall–Kier alpha value is -0.960. The first-order valence-electron chi connectivity index (χ1n) is 5.62. The molecule has 2 rings (SSSR count). The van der Waals surface area contributed by atoms with Crippen LogP contribution in [0.15, 0.2) is 30.3 Å². The van der Waals surface area contributed by atoms with E-state index in [0.717, 1.165) is 5.56 Å². The van der Waals surface area contributed by atoms with Crippen molar-refractivity contribution in [3.63, 3.8) is 0 Å². The van der Waals surface area contributed by atoms with Crippen molar-refractivity contribution in [3.8, 4) is 0 Å². The van der Waals surface area contributed by atoms with Crippen molar-refractivity contribution in [1.29, 1.82) is 0 Å². The molecule has 0 amide bonds. The van der Waals surface area contributed by atoms with Gasteiger partial charge in [-0.2, -0.15) is 0 Å². The quantitative estimate of drug-likeness (QED) is 0.840. The van der Waals surface area contributed by atoms with Gasteiger partial charge in [-0.3, -0.25) is 0 Å². The molecule has 2 N–H and O–H groups in total. The highest BCUT2D eigenvalue weighted by Crippen LogP contribution is 2.58. The molecule has 1 aliphatic carbocycles. The van der Waals surface area contributed by atoms with E-state index in [9.17, 15) is 8.78 Å². The second-order valence-corrected chi connectivity index (χ2v) is 4.91. The molecule has 0 bridgehead atoms. The summed E-state index contributed by atoms with van der Waals surface area (Å²) in [6, 6.07) is 9.78. The van der Waals surface area contributed by atoms with Gasteiger partial charge >= 0.3 is 0 Å². The van der Waals surface area contributed by atoms with Gasteiger partial charge in [0.1, 0.15) is 0 Å². The lowest BCUT2D eigenvalue weighted by atomic mass is 9.58. The number of benzene rings is 1. The number of hydrogen-bond acceptors (Lipinski definition) is 1. The van der Waals surface area contributed by atoms with Crippen LogP contribution in [0, 0.1) is 5.41 Å². The summed E-state index contributed by atoms with van der Waals surface area (Å²) in [5.74, 6) is -2.42. The van der Waals surface area contributed by atoms with Crippen molar-refractivity contribution >= 4 is 0 Å². The van der Waals surface area contributed by atoms with Crippen molar-refractivity contribution in [2.45, 2.75) is 31.6 Å². The van der Waals surface area contributed by atoms with Gasteiger partial charge in [0.05, 0.1) is 0 Å². The molecule has 0 saturated heterocycles. The first-order valence-corrected chi connectivity index (χ1v) is 5.62. The molecule has 1 aliphatic rings. The summed E-state index contributed by atoms with van der Waals surface area (Å²) in [6.07, 6.45) is -0.154. The molecule has 0 aromatic heterocycles. The molecule has 88 valence electrons. The summed E-state index contributed by atoms with van der Waals surface area (Å²) >= 11 is 0. The third kappa shape index (κ3) is 1.84. The zero-order valence-electron chi connectivity index (χ0n) is 9.42. The maximum absolute atomic E-state index is 13.0. The summed E-state index contributed by atoms with van der Waals surface area (Å²) in [7, 11) is 0. The van der Waals surface area contributed by atoms with Crippen molar-refractivity contribution in [2.24, 2.45) is 11.1 Å². The van der Waals surface area contributed by atoms with E-state index in [-0.39, 0.29) is 18.8 Å². The molecule has 1 fully saturated rings. The van der Waals surface area contributed by atoms with Gasteiger partial charge in [0.2, 0.25) is 5.92 Å². The van der Waals surface area contributed by atoms with Crippen molar-refractivity contribution in [2.75, 3.05) is 6.54 Å². The monoisotopic (exact) mass is 225 g/mol. The molecule has 1 nitrogen and oxygen atoms in total. The van der Waals surface area contributed by atoms with Gasteiger partial charge in [-0.05, 0) is 18.0 Å². The van der Waals surface area contributed by atoms with Crippen LogP contribution in [-0.2, 0) is 0 Å². The van der Waals surface area contributed by atoms with Crippen LogP contribution in [0.2, 0.25) is 0 Å². The van der Waals surface area contributed by atoms with Crippen LogP contribution in [0.25, 0.3) is 0 Å². The van der Waals surface area contributed by atoms with Crippen LogP contribution in [0.5, 0.6) is 0 Å². The second-order valence-electron chi connectivity index (χ2n) is 4.91. The average Bonchev–Trinajstić information content (AvgIpc) is 2.25. The molecular formula is C13H17F2N. The van der Waals surface area contributed by atoms with Crippen LogP contribution < -0.4 is 5.73 Å². The normalized spacial score (nSPS) is 23.5. The number of alkyl halides is 2. The Morgan fingerprint density at radius 2 is 1.81 bits per heavy atom. The molecule has 3 heteroatoms. The topological polar surface area (TPSA) is 26.0 Å². The lowest BCUT2D eigenvalue weighted by Crippen LogP contribution is -2.53. The van der Waals surface area contributed by atoms with Crippen LogP contribution in [-0.4, -0.2) is 12.5 Å². The summed E-state index contributed by atoms with van der Waals surface area (Å²) in [4.78, 5) is 0. The maximum Gasteiger partial charge on any atom is 0.249 e. The van der Waals surface area contributed by atoms with Gasteiger partial charge < -0.3 is 5.73 Å². The molecule has 1 atom stereocenters. The third-order valence-electron chi connectivity index (χ3n) is 3.85. The lowest BCUT2D eigenvalue weighted by Gasteiger charge is -2.50. The largest absolute Gasteiger partial charge is 0.330 e. The summed E-state index contributed by atoms with van der Waals surface area (Å²) in [5, 5.41) is 0. The second kappa shape index (κ2) is 3.81. The van der Waals surface area contributed by atoms with Gasteiger partial charge in [0.15, 0.2) is 0 Å². The number of nitrogens with two attached hydrogens (primary N) is 1. The molecule has 1 aromatic carbocycles. The van der Waals surface area contributed by atoms with Gasteiger partial charge in [-0.1, -0.05) is 37.3 Å². The van der Waals surface area contributed by atoms with Crippen LogP contribution in [0.3, 0.4) is 0 Å². The molecule has 1 aromatic rings. The standard InChI is InChI=1S/C13H17F2N/c1-10(11-5-3-2-4-6-11)12(9-16)7-13(14,15)8-12/h2-6,10H,7-9,16H2,1H3. The SMILES string of the molecule is CC(c1ccccc1)C1(CN)CC(F)(F)C1. The highest BCUT2D eigenvalue weighted by atomic mass is 19.3. The molecule has 1 unspecified atom stereocenters. The Balaban J connectivity index is 2.18. The Morgan fingerprint density at radius 1 is 1.25 bits per heavy atom. The summed E-state index contributed by atoms with van der Waals surface area (Å²) in [5.41, 5.74) is 6.38. The van der Waals surface area contributed by atoms with E-state index < -0.39 is 11.3 Å². The van der Waals surface area contributed by atoms with E-state index in [1.807, 2.05) is 37.3 Å². The third-order valence-corrected chi connectivity index (χ3v) is 3.85. The zero-order valence-corrected chi connectivity index (χ0v) is 9.42. The van der Waals surface area contributed by atoms with E-state index in [1.54, 1.807) is 0 Å². The molecule has 1 saturated carbocycles. The molecule has 0 heterocycles. The Bertz CT molecular complexity index is 353. The predicted octanol–water partition coefficient (Wildman–Crippen LogP) is 3.16. The van der Waals surface area contributed by atoms with E-state index in [2.05, 4.69) is 0 Å². The van der Waals surface area contributed by atoms with Gasteiger partial charge in [0, 0.05) is 18.3 Å². The fraction of sp³-hybridized carbons (Fsp3) is 0.538. The Kier molecular flexibility index (Phi) is 2.74. The smallest absolute Gasteiger partial charge is 0.249 e. The predicted molar refractivity (Wildman–Crippen MR) is 60.5 cm³/mol. The van der Waals surface area contributed by atoms with Crippen LogP contribution >= 0.6 is 0 Å². The Labute approximate surface area is 94.7 Å². The number of halogens is 2. The molecule has 0 radical (unpaired) electrons. The number of hydrogen-bond donors (Lipinski definition) is 1. The van der Waals surface area contributed by atoms with E-state index >= 15 is 0 Å². The molecule has 0 spiro atoms. The minimum Gasteiger partial charge on any atom is -0.330 e. The average molecular weight is 225 g/mol. The van der Waals surface area contributed by atoms with Crippen LogP contribution in [0.1, 0.15) is 31.2 Å². The highest BCUT2D eigenvalue weighted by Gasteiger charge is 2.58. The first-order chi connectivity index (χ1) is 7.49. The fourth-order valence-corrected chi connectivity index (χ4v) is 2.70. The fourth-order valence-electron chi connectivity index (χ4n) is 2.70. The van der Waals surface area contributed by atoms with Crippen molar-refractivity contribution in [3.05, 3.63) is 35.9 Å². The van der Waals surface area contributed by atoms with Crippen molar-refractivity contribution in [1.82, 2.24) is 0 Å². The van der Waals surface area contributed by atoms with E-state index in [1.165, 1.54) is 0 Å². The minimum atomic E-state index is -2.51. The van der Waals surface area contributed by atoms with Gasteiger partial charge in [-0.25, -0.2) is 8.78 Å². The zero-order chi connectivity index (χ0) is 11.8. The van der Waals surface area contributed by atoms with Crippen molar-refractivity contribution < 1.29 is 8.78 Å². The van der Waals surface area contributed by atoms with Gasteiger partial charge in [0.25, 0.3) is 0 Å².